The molecule has 1 aliphatic heterocycles. The van der Waals surface area contributed by atoms with Gasteiger partial charge in [-0.15, -0.1) is 0 Å². The summed E-state index contributed by atoms with van der Waals surface area (Å²) in [6, 6.07) is 14.1. The number of halogens is 1. The van der Waals surface area contributed by atoms with Gasteiger partial charge in [-0.1, -0.05) is 42.5 Å². The fourth-order valence-corrected chi connectivity index (χ4v) is 3.76. The number of carboxylic acids is 1. The van der Waals surface area contributed by atoms with Crippen molar-refractivity contribution in [2.24, 2.45) is 5.92 Å². The SMILES string of the molecule is O=C(C1CC1c1cccc2ccccc12)N1CCC(F)(C(=O)O)C1. The molecule has 0 aromatic heterocycles. The number of benzene rings is 2. The van der Waals surface area contributed by atoms with Crippen molar-refractivity contribution >= 4 is 22.6 Å². The largest absolute Gasteiger partial charge is 0.479 e. The fourth-order valence-electron chi connectivity index (χ4n) is 3.76. The molecule has 1 amide bonds. The average Bonchev–Trinajstić information content (AvgIpc) is 3.28. The first-order valence-corrected chi connectivity index (χ1v) is 8.18. The molecular weight excluding hydrogens is 309 g/mol. The van der Waals surface area contributed by atoms with Gasteiger partial charge in [-0.3, -0.25) is 4.79 Å². The van der Waals surface area contributed by atoms with E-state index in [1.165, 1.54) is 4.90 Å². The molecule has 124 valence electrons. The summed E-state index contributed by atoms with van der Waals surface area (Å²) in [4.78, 5) is 25.0. The lowest BCUT2D eigenvalue weighted by Crippen LogP contribution is -2.39. The average molecular weight is 327 g/mol. The summed E-state index contributed by atoms with van der Waals surface area (Å²) < 4.78 is 14.2. The Morgan fingerprint density at radius 3 is 2.67 bits per heavy atom. The smallest absolute Gasteiger partial charge is 0.343 e. The van der Waals surface area contributed by atoms with Crippen LogP contribution in [0.25, 0.3) is 10.8 Å². The molecule has 0 radical (unpaired) electrons. The number of hydrogen-bond donors (Lipinski definition) is 1. The summed E-state index contributed by atoms with van der Waals surface area (Å²) >= 11 is 0. The van der Waals surface area contributed by atoms with E-state index >= 15 is 0 Å². The van der Waals surface area contributed by atoms with E-state index in [9.17, 15) is 14.0 Å². The minimum atomic E-state index is -2.29. The molecule has 4 rings (SSSR count). The van der Waals surface area contributed by atoms with Crippen LogP contribution in [0.2, 0.25) is 0 Å². The Bertz CT molecular complexity index is 831. The van der Waals surface area contributed by atoms with Gasteiger partial charge >= 0.3 is 5.97 Å². The van der Waals surface area contributed by atoms with Gasteiger partial charge < -0.3 is 10.0 Å². The lowest BCUT2D eigenvalue weighted by atomic mass is 10.00. The summed E-state index contributed by atoms with van der Waals surface area (Å²) in [7, 11) is 0. The quantitative estimate of drug-likeness (QED) is 0.943. The second kappa shape index (κ2) is 5.30. The summed E-state index contributed by atoms with van der Waals surface area (Å²) in [5, 5.41) is 11.2. The Kier molecular flexibility index (Phi) is 3.34. The number of fused-ring (bicyclic) bond motifs is 1. The molecule has 1 saturated heterocycles. The molecule has 24 heavy (non-hydrogen) atoms. The first kappa shape index (κ1) is 15.1. The zero-order valence-corrected chi connectivity index (χ0v) is 13.1. The normalized spacial score (nSPS) is 29.0. The number of hydrogen-bond acceptors (Lipinski definition) is 2. The number of rotatable bonds is 3. The molecule has 2 aromatic carbocycles. The predicted octanol–water partition coefficient (Wildman–Crippen LogP) is 2.97. The van der Waals surface area contributed by atoms with Crippen LogP contribution in [-0.2, 0) is 9.59 Å². The van der Waals surface area contributed by atoms with Crippen molar-refractivity contribution < 1.29 is 19.1 Å². The Balaban J connectivity index is 1.52. The van der Waals surface area contributed by atoms with Crippen molar-refractivity contribution in [3.8, 4) is 0 Å². The van der Waals surface area contributed by atoms with Crippen LogP contribution < -0.4 is 0 Å². The third-order valence-corrected chi connectivity index (χ3v) is 5.24. The highest BCUT2D eigenvalue weighted by Crippen LogP contribution is 2.50. The van der Waals surface area contributed by atoms with E-state index < -0.39 is 11.6 Å². The van der Waals surface area contributed by atoms with Crippen LogP contribution in [0.4, 0.5) is 4.39 Å². The van der Waals surface area contributed by atoms with Gasteiger partial charge in [-0.05, 0) is 28.7 Å². The van der Waals surface area contributed by atoms with E-state index in [4.69, 9.17) is 5.11 Å². The Morgan fingerprint density at radius 1 is 1.17 bits per heavy atom. The Morgan fingerprint density at radius 2 is 1.92 bits per heavy atom. The molecule has 1 aliphatic carbocycles. The van der Waals surface area contributed by atoms with E-state index in [1.807, 2.05) is 36.4 Å². The molecule has 2 fully saturated rings. The number of carbonyl (C=O) groups excluding carboxylic acids is 1. The van der Waals surface area contributed by atoms with E-state index in [0.717, 1.165) is 22.8 Å². The number of nitrogens with zero attached hydrogens (tertiary/aromatic N) is 1. The van der Waals surface area contributed by atoms with Gasteiger partial charge in [-0.25, -0.2) is 9.18 Å². The second-order valence-corrected chi connectivity index (χ2v) is 6.80. The fraction of sp³-hybridized carbons (Fsp3) is 0.368. The predicted molar refractivity (Wildman–Crippen MR) is 87.5 cm³/mol. The third-order valence-electron chi connectivity index (χ3n) is 5.24. The van der Waals surface area contributed by atoms with Gasteiger partial charge in [0.05, 0.1) is 6.54 Å². The Labute approximate surface area is 138 Å². The van der Waals surface area contributed by atoms with Crippen LogP contribution in [0.1, 0.15) is 24.3 Å². The summed E-state index contributed by atoms with van der Waals surface area (Å²) in [5.41, 5.74) is -1.14. The molecule has 2 aromatic rings. The van der Waals surface area contributed by atoms with Crippen LogP contribution in [0.15, 0.2) is 42.5 Å². The number of alkyl halides is 1. The van der Waals surface area contributed by atoms with Crippen molar-refractivity contribution in [3.63, 3.8) is 0 Å². The van der Waals surface area contributed by atoms with Gasteiger partial charge in [0.25, 0.3) is 0 Å². The molecule has 3 atom stereocenters. The van der Waals surface area contributed by atoms with Crippen LogP contribution in [-0.4, -0.2) is 40.6 Å². The number of aliphatic carboxylic acids is 1. The molecule has 1 heterocycles. The van der Waals surface area contributed by atoms with Crippen LogP contribution in [0, 0.1) is 5.92 Å². The minimum absolute atomic E-state index is 0.117. The van der Waals surface area contributed by atoms with Gasteiger partial charge in [0.1, 0.15) is 0 Å². The molecule has 2 aliphatic rings. The maximum Gasteiger partial charge on any atom is 0.343 e. The molecule has 1 saturated carbocycles. The first-order valence-electron chi connectivity index (χ1n) is 8.18. The number of carbonyl (C=O) groups is 2. The van der Waals surface area contributed by atoms with Crippen molar-refractivity contribution in [1.82, 2.24) is 4.90 Å². The van der Waals surface area contributed by atoms with E-state index in [1.54, 1.807) is 0 Å². The molecule has 0 bridgehead atoms. The lowest BCUT2D eigenvalue weighted by Gasteiger charge is -2.18. The molecule has 5 heteroatoms. The molecule has 1 N–H and O–H groups in total. The number of amides is 1. The summed E-state index contributed by atoms with van der Waals surface area (Å²) in [6.07, 6.45) is 0.620. The van der Waals surface area contributed by atoms with Crippen molar-refractivity contribution in [1.29, 1.82) is 0 Å². The highest BCUT2D eigenvalue weighted by molar-refractivity contribution is 5.90. The monoisotopic (exact) mass is 327 g/mol. The maximum absolute atomic E-state index is 14.2. The van der Waals surface area contributed by atoms with E-state index in [-0.39, 0.29) is 37.3 Å². The molecule has 3 unspecified atom stereocenters. The highest BCUT2D eigenvalue weighted by Gasteiger charge is 2.52. The maximum atomic E-state index is 14.2. The van der Waals surface area contributed by atoms with Gasteiger partial charge in [-0.2, -0.15) is 0 Å². The van der Waals surface area contributed by atoms with E-state index in [2.05, 4.69) is 6.07 Å². The molecule has 0 spiro atoms. The summed E-state index contributed by atoms with van der Waals surface area (Å²) in [6.45, 7) is -0.152. The molecular formula is C19H18FNO3. The van der Waals surface area contributed by atoms with Gasteiger partial charge in [0, 0.05) is 18.9 Å². The Hall–Kier alpha value is -2.43. The second-order valence-electron chi connectivity index (χ2n) is 6.80. The lowest BCUT2D eigenvalue weighted by molar-refractivity contribution is -0.150. The zero-order chi connectivity index (χ0) is 16.9. The van der Waals surface area contributed by atoms with Gasteiger partial charge in [0.15, 0.2) is 0 Å². The first-order chi connectivity index (χ1) is 11.5. The van der Waals surface area contributed by atoms with Crippen LogP contribution in [0.3, 0.4) is 0 Å². The zero-order valence-electron chi connectivity index (χ0n) is 13.1. The van der Waals surface area contributed by atoms with Crippen LogP contribution >= 0.6 is 0 Å². The van der Waals surface area contributed by atoms with E-state index in [0.29, 0.717) is 0 Å². The minimum Gasteiger partial charge on any atom is -0.479 e. The van der Waals surface area contributed by atoms with Crippen molar-refractivity contribution in [2.45, 2.75) is 24.4 Å². The topological polar surface area (TPSA) is 57.6 Å². The molecule has 4 nitrogen and oxygen atoms in total. The number of likely N-dealkylation sites (tertiary alicyclic amines) is 1. The van der Waals surface area contributed by atoms with Crippen molar-refractivity contribution in [3.05, 3.63) is 48.0 Å². The third kappa shape index (κ3) is 2.35. The van der Waals surface area contributed by atoms with Crippen LogP contribution in [0.5, 0.6) is 0 Å². The standard InChI is InChI=1S/C19H18FNO3/c20-19(18(23)24)8-9-21(11-19)17(22)16-10-15(16)14-7-3-5-12-4-1-2-6-13(12)14/h1-7,15-16H,8-11H2,(H,23,24). The highest BCUT2D eigenvalue weighted by atomic mass is 19.1. The van der Waals surface area contributed by atoms with Gasteiger partial charge in [0.2, 0.25) is 11.6 Å². The summed E-state index contributed by atoms with van der Waals surface area (Å²) in [5.74, 6) is -1.61. The van der Waals surface area contributed by atoms with Crippen molar-refractivity contribution in [2.75, 3.05) is 13.1 Å². The number of carboxylic acid groups (broad SMARTS) is 1.